The van der Waals surface area contributed by atoms with Gasteiger partial charge in [-0.3, -0.25) is 4.79 Å². The van der Waals surface area contributed by atoms with Crippen molar-refractivity contribution in [3.05, 3.63) is 0 Å². The van der Waals surface area contributed by atoms with Crippen LogP contribution in [0.5, 0.6) is 0 Å². The largest absolute Gasteiger partial charge is 0.353 e. The van der Waals surface area contributed by atoms with E-state index in [0.29, 0.717) is 12.5 Å². The fraction of sp³-hybridized carbons (Fsp3) is 0.917. The Hall–Kier alpha value is -0.280. The molecule has 94 valence electrons. The lowest BCUT2D eigenvalue weighted by Crippen LogP contribution is -2.32. The van der Waals surface area contributed by atoms with Crippen LogP contribution >= 0.6 is 12.4 Å². The molecule has 2 aliphatic rings. The van der Waals surface area contributed by atoms with E-state index in [1.54, 1.807) is 0 Å². The van der Waals surface area contributed by atoms with Gasteiger partial charge < -0.3 is 10.6 Å². The summed E-state index contributed by atoms with van der Waals surface area (Å²) >= 11 is 0. The van der Waals surface area contributed by atoms with Crippen molar-refractivity contribution >= 4 is 18.3 Å². The number of carbonyl (C=O) groups is 1. The van der Waals surface area contributed by atoms with E-state index >= 15 is 0 Å². The van der Waals surface area contributed by atoms with Crippen LogP contribution in [0.1, 0.15) is 39.0 Å². The summed E-state index contributed by atoms with van der Waals surface area (Å²) in [4.78, 5) is 11.4. The highest BCUT2D eigenvalue weighted by Gasteiger charge is 2.43. The molecule has 4 heteroatoms. The standard InChI is InChI=1S/C12H22N2O.ClH/c1-2-3-12(15)14-11-8-10(11)9-4-6-13-7-5-9;/h9-11,13H,2-8H2,1H3,(H,14,15);1H/t10-,11+;/m0./s1. The zero-order valence-corrected chi connectivity index (χ0v) is 10.8. The third-order valence-corrected chi connectivity index (χ3v) is 3.65. The van der Waals surface area contributed by atoms with Gasteiger partial charge in [-0.25, -0.2) is 0 Å². The summed E-state index contributed by atoms with van der Waals surface area (Å²) in [6, 6.07) is 0.507. The fourth-order valence-electron chi connectivity index (χ4n) is 2.68. The fourth-order valence-corrected chi connectivity index (χ4v) is 2.68. The zero-order valence-electron chi connectivity index (χ0n) is 10.00. The van der Waals surface area contributed by atoms with Crippen LogP contribution < -0.4 is 10.6 Å². The van der Waals surface area contributed by atoms with Crippen molar-refractivity contribution in [3.8, 4) is 0 Å². The van der Waals surface area contributed by atoms with Crippen molar-refractivity contribution in [2.24, 2.45) is 11.8 Å². The van der Waals surface area contributed by atoms with Crippen LogP contribution in [0, 0.1) is 11.8 Å². The van der Waals surface area contributed by atoms with Crippen molar-refractivity contribution < 1.29 is 4.79 Å². The molecule has 3 nitrogen and oxygen atoms in total. The van der Waals surface area contributed by atoms with Crippen molar-refractivity contribution in [1.29, 1.82) is 0 Å². The molecule has 0 spiro atoms. The predicted molar refractivity (Wildman–Crippen MR) is 67.8 cm³/mol. The smallest absolute Gasteiger partial charge is 0.220 e. The first-order valence-electron chi connectivity index (χ1n) is 6.31. The van der Waals surface area contributed by atoms with Gasteiger partial charge in [-0.05, 0) is 50.6 Å². The summed E-state index contributed by atoms with van der Waals surface area (Å²) in [6.45, 7) is 4.38. The molecule has 1 aliphatic heterocycles. The molecule has 2 fully saturated rings. The number of nitrogens with one attached hydrogen (secondary N) is 2. The van der Waals surface area contributed by atoms with Crippen LogP contribution in [0.25, 0.3) is 0 Å². The highest BCUT2D eigenvalue weighted by molar-refractivity contribution is 5.85. The number of hydrogen-bond donors (Lipinski definition) is 2. The number of hydrogen-bond acceptors (Lipinski definition) is 2. The first-order valence-corrected chi connectivity index (χ1v) is 6.31. The summed E-state index contributed by atoms with van der Waals surface area (Å²) in [5.41, 5.74) is 0. The minimum atomic E-state index is 0. The quantitative estimate of drug-likeness (QED) is 0.793. The summed E-state index contributed by atoms with van der Waals surface area (Å²) in [7, 11) is 0. The number of halogens is 1. The van der Waals surface area contributed by atoms with E-state index < -0.39 is 0 Å². The van der Waals surface area contributed by atoms with E-state index in [0.717, 1.165) is 31.3 Å². The maximum atomic E-state index is 11.4. The molecule has 0 unspecified atom stereocenters. The molecule has 1 heterocycles. The lowest BCUT2D eigenvalue weighted by atomic mass is 9.93. The van der Waals surface area contributed by atoms with Gasteiger partial charge in [0.1, 0.15) is 0 Å². The van der Waals surface area contributed by atoms with E-state index in [1.165, 1.54) is 19.3 Å². The second-order valence-corrected chi connectivity index (χ2v) is 4.91. The molecule has 1 saturated heterocycles. The van der Waals surface area contributed by atoms with Gasteiger partial charge in [-0.15, -0.1) is 12.4 Å². The Bertz CT molecular complexity index is 229. The Morgan fingerprint density at radius 1 is 1.38 bits per heavy atom. The summed E-state index contributed by atoms with van der Waals surface area (Å²) in [5, 5.41) is 6.53. The minimum absolute atomic E-state index is 0. The molecule has 1 saturated carbocycles. The maximum Gasteiger partial charge on any atom is 0.220 e. The van der Waals surface area contributed by atoms with Crippen molar-refractivity contribution in [2.75, 3.05) is 13.1 Å². The maximum absolute atomic E-state index is 11.4. The van der Waals surface area contributed by atoms with Gasteiger partial charge in [-0.2, -0.15) is 0 Å². The number of piperidine rings is 1. The molecular formula is C12H23ClN2O. The molecule has 1 amide bonds. The summed E-state index contributed by atoms with van der Waals surface area (Å²) in [6.07, 6.45) is 5.46. The Kier molecular flexibility index (Phi) is 5.56. The number of rotatable bonds is 4. The molecule has 0 aromatic carbocycles. The molecule has 2 N–H and O–H groups in total. The van der Waals surface area contributed by atoms with Crippen LogP contribution in [0.15, 0.2) is 0 Å². The topological polar surface area (TPSA) is 41.1 Å². The van der Waals surface area contributed by atoms with E-state index in [-0.39, 0.29) is 18.3 Å². The highest BCUT2D eigenvalue weighted by atomic mass is 35.5. The monoisotopic (exact) mass is 246 g/mol. The molecule has 0 aromatic heterocycles. The molecule has 1 aliphatic carbocycles. The first-order chi connectivity index (χ1) is 7.31. The summed E-state index contributed by atoms with van der Waals surface area (Å²) < 4.78 is 0. The van der Waals surface area contributed by atoms with E-state index in [1.807, 2.05) is 0 Å². The number of amides is 1. The van der Waals surface area contributed by atoms with E-state index in [2.05, 4.69) is 17.6 Å². The van der Waals surface area contributed by atoms with Gasteiger partial charge in [0.25, 0.3) is 0 Å². The molecule has 16 heavy (non-hydrogen) atoms. The van der Waals surface area contributed by atoms with Crippen molar-refractivity contribution in [2.45, 2.75) is 45.1 Å². The van der Waals surface area contributed by atoms with Gasteiger partial charge in [0, 0.05) is 12.5 Å². The average Bonchev–Trinajstić information content (AvgIpc) is 2.99. The average molecular weight is 247 g/mol. The first kappa shape index (κ1) is 13.8. The summed E-state index contributed by atoms with van der Waals surface area (Å²) in [5.74, 6) is 1.89. The molecular weight excluding hydrogens is 224 g/mol. The zero-order chi connectivity index (χ0) is 10.7. The molecule has 2 atom stereocenters. The van der Waals surface area contributed by atoms with Gasteiger partial charge in [0.15, 0.2) is 0 Å². The van der Waals surface area contributed by atoms with Crippen molar-refractivity contribution in [1.82, 2.24) is 10.6 Å². The lowest BCUT2D eigenvalue weighted by molar-refractivity contribution is -0.121. The van der Waals surface area contributed by atoms with Crippen LogP contribution in [-0.4, -0.2) is 25.0 Å². The Labute approximate surface area is 104 Å². The van der Waals surface area contributed by atoms with E-state index in [4.69, 9.17) is 0 Å². The minimum Gasteiger partial charge on any atom is -0.353 e. The van der Waals surface area contributed by atoms with Gasteiger partial charge >= 0.3 is 0 Å². The lowest BCUT2D eigenvalue weighted by Gasteiger charge is -2.22. The Balaban J connectivity index is 0.00000128. The van der Waals surface area contributed by atoms with Gasteiger partial charge in [0.2, 0.25) is 5.91 Å². The predicted octanol–water partition coefficient (Wildman–Crippen LogP) is 1.71. The van der Waals surface area contributed by atoms with Crippen LogP contribution in [0.2, 0.25) is 0 Å². The molecule has 2 rings (SSSR count). The van der Waals surface area contributed by atoms with Crippen LogP contribution in [0.3, 0.4) is 0 Å². The SMILES string of the molecule is CCCC(=O)N[C@@H]1C[C@H]1C1CCNCC1.Cl. The van der Waals surface area contributed by atoms with E-state index in [9.17, 15) is 4.79 Å². The third kappa shape index (κ3) is 3.63. The van der Waals surface area contributed by atoms with Crippen molar-refractivity contribution in [3.63, 3.8) is 0 Å². The van der Waals surface area contributed by atoms with Gasteiger partial charge in [-0.1, -0.05) is 6.92 Å². The molecule has 0 aromatic rings. The normalized spacial score (nSPS) is 29.3. The van der Waals surface area contributed by atoms with Crippen LogP contribution in [0.4, 0.5) is 0 Å². The number of carbonyl (C=O) groups excluding carboxylic acids is 1. The van der Waals surface area contributed by atoms with Gasteiger partial charge in [0.05, 0.1) is 0 Å². The Morgan fingerprint density at radius 3 is 2.69 bits per heavy atom. The van der Waals surface area contributed by atoms with Crippen LogP contribution in [-0.2, 0) is 4.79 Å². The highest BCUT2D eigenvalue weighted by Crippen LogP contribution is 2.41. The second kappa shape index (κ2) is 6.45. The molecule has 0 bridgehead atoms. The molecule has 0 radical (unpaired) electrons. The second-order valence-electron chi connectivity index (χ2n) is 4.91. The third-order valence-electron chi connectivity index (χ3n) is 3.65. The Morgan fingerprint density at radius 2 is 2.06 bits per heavy atom.